The molecule has 4 unspecified atom stereocenters. The van der Waals surface area contributed by atoms with E-state index in [1.54, 1.807) is 0 Å². The maximum Gasteiger partial charge on any atom is 0.220 e. The Morgan fingerprint density at radius 3 is 1.13 bits per heavy atom. The lowest BCUT2D eigenvalue weighted by molar-refractivity contribution is -0.359. The Hall–Kier alpha value is -1.01. The summed E-state index contributed by atoms with van der Waals surface area (Å²) in [4.78, 5) is 13.2. The first-order chi connectivity index (χ1) is 36.6. The lowest BCUT2D eigenvalue weighted by Gasteiger charge is -2.46. The van der Waals surface area contributed by atoms with Crippen LogP contribution in [0.1, 0.15) is 290 Å². The van der Waals surface area contributed by atoms with Crippen molar-refractivity contribution in [2.24, 2.45) is 0 Å². The van der Waals surface area contributed by atoms with Crippen LogP contribution in [0.5, 0.6) is 0 Å². The quantitative estimate of drug-likeness (QED) is 0.0259. The van der Waals surface area contributed by atoms with E-state index in [9.17, 15) is 45.6 Å². The predicted molar refractivity (Wildman–Crippen MR) is 300 cm³/mol. The Balaban J connectivity index is 1.59. The van der Waals surface area contributed by atoms with Gasteiger partial charge in [0.05, 0.1) is 32.0 Å². The molecule has 9 N–H and O–H groups in total. The summed E-state index contributed by atoms with van der Waals surface area (Å²) in [6.45, 7) is 2.87. The van der Waals surface area contributed by atoms with E-state index < -0.39 is 86.8 Å². The number of amides is 1. The van der Waals surface area contributed by atoms with Crippen LogP contribution in [0.2, 0.25) is 0 Å². The first-order valence-electron chi connectivity index (χ1n) is 31.8. The first-order valence-corrected chi connectivity index (χ1v) is 31.8. The van der Waals surface area contributed by atoms with Crippen LogP contribution in [-0.4, -0.2) is 140 Å². The van der Waals surface area contributed by atoms with Gasteiger partial charge >= 0.3 is 0 Å². The van der Waals surface area contributed by atoms with E-state index in [0.29, 0.717) is 12.8 Å². The van der Waals surface area contributed by atoms with Crippen molar-refractivity contribution in [3.05, 3.63) is 0 Å². The molecule has 0 aliphatic carbocycles. The van der Waals surface area contributed by atoms with Gasteiger partial charge in [-0.25, -0.2) is 0 Å². The van der Waals surface area contributed by atoms with E-state index in [0.717, 1.165) is 51.4 Å². The van der Waals surface area contributed by atoms with E-state index in [4.69, 9.17) is 18.9 Å². The molecule has 1 amide bonds. The number of hydrogen-bond donors (Lipinski definition) is 9. The first kappa shape index (κ1) is 70.1. The van der Waals surface area contributed by atoms with Crippen LogP contribution in [0.4, 0.5) is 0 Å². The number of carbonyl (C=O) groups is 1. The van der Waals surface area contributed by atoms with Gasteiger partial charge in [0, 0.05) is 6.42 Å². The molecule has 14 heteroatoms. The molecule has 75 heavy (non-hydrogen) atoms. The number of aliphatic hydroxyl groups excluding tert-OH is 8. The van der Waals surface area contributed by atoms with Crippen LogP contribution >= 0.6 is 0 Å². The summed E-state index contributed by atoms with van der Waals surface area (Å²) in [5.74, 6) is -0.201. The molecule has 2 aliphatic rings. The zero-order chi connectivity index (χ0) is 54.6. The van der Waals surface area contributed by atoms with Crippen molar-refractivity contribution in [2.75, 3.05) is 19.8 Å². The van der Waals surface area contributed by atoms with Crippen molar-refractivity contribution in [3.63, 3.8) is 0 Å². The third kappa shape index (κ3) is 33.4. The minimum absolute atomic E-state index is 0.201. The molecule has 0 aromatic heterocycles. The number of nitrogens with one attached hydrogen (secondary N) is 1. The molecule has 2 fully saturated rings. The number of ether oxygens (including phenoxy) is 4. The fraction of sp³-hybridized carbons (Fsp3) is 0.984. The van der Waals surface area contributed by atoms with Gasteiger partial charge in [-0.3, -0.25) is 4.79 Å². The van der Waals surface area contributed by atoms with Gasteiger partial charge in [-0.15, -0.1) is 0 Å². The van der Waals surface area contributed by atoms with E-state index in [-0.39, 0.29) is 12.5 Å². The van der Waals surface area contributed by atoms with Crippen molar-refractivity contribution in [1.29, 1.82) is 0 Å². The zero-order valence-corrected chi connectivity index (χ0v) is 48.1. The second-order valence-corrected chi connectivity index (χ2v) is 22.9. The number of rotatable bonds is 52. The molecule has 446 valence electrons. The Kier molecular flexibility index (Phi) is 44.6. The van der Waals surface area contributed by atoms with Gasteiger partial charge in [-0.2, -0.15) is 0 Å². The predicted octanol–water partition coefficient (Wildman–Crippen LogP) is 11.3. The molecule has 12 atom stereocenters. The second-order valence-electron chi connectivity index (χ2n) is 22.9. The van der Waals surface area contributed by atoms with E-state index in [1.165, 1.54) is 212 Å². The minimum Gasteiger partial charge on any atom is -0.394 e. The van der Waals surface area contributed by atoms with E-state index in [1.807, 2.05) is 0 Å². The summed E-state index contributed by atoms with van der Waals surface area (Å²) < 4.78 is 22.8. The average molecular weight is 1070 g/mol. The SMILES string of the molecule is CCCCCCCCCCCCCCCCCCCCCCCCCCCCCCCCCC(=O)N[C@@H](CO[C@@H]1O[C@H](CO)[C@@H](O[C@@H]2O[C@H](CO)[C@H](O)C(O)C2O)C(O)C1O)[C@H](O)CCCCCCCCCCCC. The third-order valence-corrected chi connectivity index (χ3v) is 16.1. The molecule has 0 bridgehead atoms. The number of aliphatic hydroxyl groups is 8. The van der Waals surface area contributed by atoms with Gasteiger partial charge in [0.2, 0.25) is 5.91 Å². The molecule has 2 rings (SSSR count). The fourth-order valence-electron chi connectivity index (χ4n) is 10.9. The Labute approximate surface area is 457 Å². The summed E-state index contributed by atoms with van der Waals surface area (Å²) in [7, 11) is 0. The highest BCUT2D eigenvalue weighted by molar-refractivity contribution is 5.76. The van der Waals surface area contributed by atoms with Crippen LogP contribution in [0.15, 0.2) is 0 Å². The number of hydrogen-bond acceptors (Lipinski definition) is 13. The molecule has 2 heterocycles. The Morgan fingerprint density at radius 2 is 0.760 bits per heavy atom. The Bertz CT molecular complexity index is 1270. The molecule has 2 saturated heterocycles. The van der Waals surface area contributed by atoms with Crippen LogP contribution in [0.25, 0.3) is 0 Å². The largest absolute Gasteiger partial charge is 0.394 e. The second kappa shape index (κ2) is 47.8. The number of unbranched alkanes of at least 4 members (excludes halogenated alkanes) is 39. The van der Waals surface area contributed by atoms with Crippen LogP contribution < -0.4 is 5.32 Å². The maximum atomic E-state index is 13.2. The molecule has 2 aliphatic heterocycles. The van der Waals surface area contributed by atoms with Crippen LogP contribution in [-0.2, 0) is 23.7 Å². The van der Waals surface area contributed by atoms with Crippen molar-refractivity contribution in [3.8, 4) is 0 Å². The van der Waals surface area contributed by atoms with Gasteiger partial charge in [0.25, 0.3) is 0 Å². The zero-order valence-electron chi connectivity index (χ0n) is 48.1. The van der Waals surface area contributed by atoms with Gasteiger partial charge < -0.3 is 65.1 Å². The maximum absolute atomic E-state index is 13.2. The molecule has 14 nitrogen and oxygen atoms in total. The van der Waals surface area contributed by atoms with E-state index >= 15 is 0 Å². The van der Waals surface area contributed by atoms with Crippen molar-refractivity contribution in [1.82, 2.24) is 5.32 Å². The normalized spacial score (nSPS) is 24.9. The van der Waals surface area contributed by atoms with Crippen molar-refractivity contribution in [2.45, 2.75) is 364 Å². The lowest BCUT2D eigenvalue weighted by atomic mass is 9.97. The van der Waals surface area contributed by atoms with Crippen molar-refractivity contribution < 1.29 is 64.6 Å². The molecule has 0 saturated carbocycles. The molecule has 0 aromatic rings. The summed E-state index contributed by atoms with van der Waals surface area (Å²) in [5.41, 5.74) is 0. The van der Waals surface area contributed by atoms with E-state index in [2.05, 4.69) is 19.2 Å². The van der Waals surface area contributed by atoms with Crippen LogP contribution in [0, 0.1) is 0 Å². The monoisotopic (exact) mass is 1070 g/mol. The Morgan fingerprint density at radius 1 is 0.427 bits per heavy atom. The summed E-state index contributed by atoms with van der Waals surface area (Å²) >= 11 is 0. The van der Waals surface area contributed by atoms with Gasteiger partial charge in [-0.1, -0.05) is 271 Å². The third-order valence-electron chi connectivity index (χ3n) is 16.1. The molecule has 0 spiro atoms. The van der Waals surface area contributed by atoms with Gasteiger partial charge in [0.15, 0.2) is 12.6 Å². The van der Waals surface area contributed by atoms with Gasteiger partial charge in [0.1, 0.15) is 48.8 Å². The molecular formula is C61H119NO13. The lowest BCUT2D eigenvalue weighted by Crippen LogP contribution is -2.65. The van der Waals surface area contributed by atoms with Crippen molar-refractivity contribution >= 4 is 5.91 Å². The smallest absolute Gasteiger partial charge is 0.220 e. The van der Waals surface area contributed by atoms with Gasteiger partial charge in [-0.05, 0) is 12.8 Å². The molecule has 0 radical (unpaired) electrons. The summed E-state index contributed by atoms with van der Waals surface area (Å²) in [6, 6.07) is -0.821. The highest BCUT2D eigenvalue weighted by Crippen LogP contribution is 2.30. The standard InChI is InChI=1S/C61H119NO13/c1-3-5-7-9-11-13-15-16-17-18-19-20-21-22-23-24-25-26-27-28-29-30-31-32-33-34-35-37-39-41-43-45-53(66)62-49(50(65)44-42-40-38-36-14-12-10-8-6-4-2)48-72-60-58(71)56(69)59(52(47-64)74-60)75-61-57(70)55(68)54(67)51(46-63)73-61/h49-52,54-61,63-65,67-71H,3-48H2,1-2H3,(H,62,66)/t49-,50+,51+,52+,54-,55?,56?,57?,58?,59+,60+,61-/m0/s1. The van der Waals surface area contributed by atoms with Crippen LogP contribution in [0.3, 0.4) is 0 Å². The topological polar surface area (TPSA) is 228 Å². The average Bonchev–Trinajstić information content (AvgIpc) is 3.41. The highest BCUT2D eigenvalue weighted by atomic mass is 16.7. The number of carbonyl (C=O) groups excluding carboxylic acids is 1. The minimum atomic E-state index is -1.78. The molecular weight excluding hydrogens is 955 g/mol. The fourth-order valence-corrected chi connectivity index (χ4v) is 10.9. The molecule has 0 aromatic carbocycles. The summed E-state index contributed by atoms with van der Waals surface area (Å²) in [5, 5.41) is 87.1. The highest BCUT2D eigenvalue weighted by Gasteiger charge is 2.51. The summed E-state index contributed by atoms with van der Waals surface area (Å²) in [6.07, 6.45) is 37.2.